The highest BCUT2D eigenvalue weighted by Crippen LogP contribution is 2.35. The van der Waals surface area contributed by atoms with Crippen molar-refractivity contribution in [1.82, 2.24) is 4.90 Å². The van der Waals surface area contributed by atoms with Crippen molar-refractivity contribution >= 4 is 57.6 Å². The number of anilines is 1. The van der Waals surface area contributed by atoms with Gasteiger partial charge in [-0.25, -0.2) is 0 Å². The molecule has 12 heteroatoms. The molecule has 0 aromatic heterocycles. The third-order valence-corrected chi connectivity index (χ3v) is 5.76. The number of alkyl halides is 3. The van der Waals surface area contributed by atoms with E-state index in [-0.39, 0.29) is 20.6 Å². The number of nitro groups is 1. The number of nitrogens with one attached hydrogen (secondary N) is 1. The number of thioether (sulfide) groups is 1. The van der Waals surface area contributed by atoms with Crippen LogP contribution in [0.2, 0.25) is 0 Å². The number of halogens is 3. The van der Waals surface area contributed by atoms with Gasteiger partial charge >= 0.3 is 6.18 Å². The van der Waals surface area contributed by atoms with Crippen LogP contribution in [0.25, 0.3) is 6.08 Å². The van der Waals surface area contributed by atoms with E-state index in [1.54, 1.807) is 6.07 Å². The largest absolute Gasteiger partial charge is 0.416 e. The standard InChI is InChI=1S/C20H14F3N3O4S2/c1-11(17(27)24-14-6-3-5-13(10-14)20(21,22)23)25-18(28)16(32-19(25)31)9-12-4-2-7-15(8-12)26(29)30/h2-11H,1H3,(H,24,27)/b16-9-. The Balaban J connectivity index is 1.77. The molecule has 1 aliphatic heterocycles. The van der Waals surface area contributed by atoms with Crippen molar-refractivity contribution < 1.29 is 27.7 Å². The molecule has 166 valence electrons. The van der Waals surface area contributed by atoms with E-state index in [2.05, 4.69) is 5.32 Å². The molecule has 1 saturated heterocycles. The summed E-state index contributed by atoms with van der Waals surface area (Å²) in [5.41, 5.74) is -0.744. The Labute approximate surface area is 189 Å². The molecule has 1 aliphatic rings. The van der Waals surface area contributed by atoms with Crippen LogP contribution in [0.3, 0.4) is 0 Å². The highest BCUT2D eigenvalue weighted by molar-refractivity contribution is 8.26. The Bertz CT molecular complexity index is 1150. The highest BCUT2D eigenvalue weighted by atomic mass is 32.2. The number of hydrogen-bond donors (Lipinski definition) is 1. The molecule has 2 amide bonds. The summed E-state index contributed by atoms with van der Waals surface area (Å²) in [7, 11) is 0. The van der Waals surface area contributed by atoms with Crippen molar-refractivity contribution in [1.29, 1.82) is 0 Å². The van der Waals surface area contributed by atoms with Gasteiger partial charge < -0.3 is 5.32 Å². The molecule has 0 radical (unpaired) electrons. The first kappa shape index (κ1) is 23.4. The van der Waals surface area contributed by atoms with Gasteiger partial charge in [0.2, 0.25) is 5.91 Å². The first-order valence-electron chi connectivity index (χ1n) is 8.97. The summed E-state index contributed by atoms with van der Waals surface area (Å²) in [6.07, 6.45) is -3.15. The molecule has 1 N–H and O–H groups in total. The molecule has 3 rings (SSSR count). The summed E-state index contributed by atoms with van der Waals surface area (Å²) < 4.78 is 38.7. The minimum Gasteiger partial charge on any atom is -0.324 e. The van der Waals surface area contributed by atoms with Gasteiger partial charge in [0.1, 0.15) is 10.4 Å². The van der Waals surface area contributed by atoms with Gasteiger partial charge in [-0.05, 0) is 36.8 Å². The average Bonchev–Trinajstić information content (AvgIpc) is 3.00. The number of rotatable bonds is 5. The number of nitrogens with zero attached hydrogens (tertiary/aromatic N) is 2. The van der Waals surface area contributed by atoms with Gasteiger partial charge in [-0.2, -0.15) is 13.2 Å². The van der Waals surface area contributed by atoms with Crippen LogP contribution >= 0.6 is 24.0 Å². The number of non-ortho nitro benzene ring substituents is 1. The van der Waals surface area contributed by atoms with Crippen molar-refractivity contribution in [2.45, 2.75) is 19.1 Å². The maximum atomic E-state index is 12.9. The predicted octanol–water partition coefficient (Wildman–Crippen LogP) is 4.84. The summed E-state index contributed by atoms with van der Waals surface area (Å²) in [5.74, 6) is -1.31. The third-order valence-electron chi connectivity index (χ3n) is 4.43. The van der Waals surface area contributed by atoms with Crippen molar-refractivity contribution in [3.05, 3.63) is 74.7 Å². The summed E-state index contributed by atoms with van der Waals surface area (Å²) in [4.78, 5) is 37.0. The lowest BCUT2D eigenvalue weighted by atomic mass is 10.1. The van der Waals surface area contributed by atoms with E-state index in [1.807, 2.05) is 0 Å². The molecular formula is C20H14F3N3O4S2. The molecule has 1 atom stereocenters. The van der Waals surface area contributed by atoms with E-state index in [0.717, 1.165) is 34.9 Å². The van der Waals surface area contributed by atoms with E-state index in [9.17, 15) is 32.9 Å². The fraction of sp³-hybridized carbons (Fsp3) is 0.150. The second kappa shape index (κ2) is 9.09. The number of thiocarbonyl (C=S) groups is 1. The molecule has 2 aromatic rings. The van der Waals surface area contributed by atoms with E-state index in [4.69, 9.17) is 12.2 Å². The van der Waals surface area contributed by atoms with Gasteiger partial charge in [0.25, 0.3) is 11.6 Å². The van der Waals surface area contributed by atoms with Crippen LogP contribution in [0.4, 0.5) is 24.5 Å². The van der Waals surface area contributed by atoms with Crippen molar-refractivity contribution in [3.63, 3.8) is 0 Å². The zero-order chi connectivity index (χ0) is 23.6. The quantitative estimate of drug-likeness (QED) is 0.284. The Morgan fingerprint density at radius 2 is 1.94 bits per heavy atom. The van der Waals surface area contributed by atoms with E-state index < -0.39 is 34.5 Å². The highest BCUT2D eigenvalue weighted by Gasteiger charge is 2.38. The topological polar surface area (TPSA) is 92.6 Å². The molecule has 0 spiro atoms. The SMILES string of the molecule is CC(C(=O)Nc1cccc(C(F)(F)F)c1)N1C(=O)/C(=C/c2cccc([N+](=O)[O-])c2)SC1=S. The number of amides is 2. The Kier molecular flexibility index (Phi) is 6.65. The van der Waals surface area contributed by atoms with E-state index >= 15 is 0 Å². The zero-order valence-electron chi connectivity index (χ0n) is 16.3. The number of carbonyl (C=O) groups is 2. The molecule has 2 aromatic carbocycles. The van der Waals surface area contributed by atoms with Crippen LogP contribution in [0, 0.1) is 10.1 Å². The zero-order valence-corrected chi connectivity index (χ0v) is 17.9. The number of nitro benzene ring substituents is 1. The van der Waals surface area contributed by atoms with Gasteiger partial charge in [-0.15, -0.1) is 0 Å². The second-order valence-electron chi connectivity index (χ2n) is 6.65. The lowest BCUT2D eigenvalue weighted by Gasteiger charge is -2.22. The fourth-order valence-electron chi connectivity index (χ4n) is 2.83. The number of hydrogen-bond acceptors (Lipinski definition) is 6. The van der Waals surface area contributed by atoms with Gasteiger partial charge in [0.05, 0.1) is 15.4 Å². The molecule has 7 nitrogen and oxygen atoms in total. The van der Waals surface area contributed by atoms with Crippen molar-refractivity contribution in [2.75, 3.05) is 5.32 Å². The minimum atomic E-state index is -4.57. The van der Waals surface area contributed by atoms with Crippen molar-refractivity contribution in [2.24, 2.45) is 0 Å². The van der Waals surface area contributed by atoms with Crippen LogP contribution in [0.5, 0.6) is 0 Å². The molecule has 32 heavy (non-hydrogen) atoms. The molecule has 1 heterocycles. The van der Waals surface area contributed by atoms with Gasteiger partial charge in [-0.3, -0.25) is 24.6 Å². The first-order chi connectivity index (χ1) is 15.0. The van der Waals surface area contributed by atoms with Gasteiger partial charge in [0, 0.05) is 17.8 Å². The monoisotopic (exact) mass is 481 g/mol. The lowest BCUT2D eigenvalue weighted by molar-refractivity contribution is -0.384. The number of benzene rings is 2. The maximum absolute atomic E-state index is 12.9. The molecule has 1 unspecified atom stereocenters. The summed E-state index contributed by atoms with van der Waals surface area (Å²) in [6, 6.07) is 8.65. The van der Waals surface area contributed by atoms with Gasteiger partial charge in [-0.1, -0.05) is 42.2 Å². The smallest absolute Gasteiger partial charge is 0.324 e. The maximum Gasteiger partial charge on any atom is 0.416 e. The van der Waals surface area contributed by atoms with Crippen LogP contribution in [-0.4, -0.2) is 32.0 Å². The molecular weight excluding hydrogens is 467 g/mol. The van der Waals surface area contributed by atoms with Crippen LogP contribution in [-0.2, 0) is 15.8 Å². The Hall–Kier alpha value is -3.25. The van der Waals surface area contributed by atoms with Crippen molar-refractivity contribution in [3.8, 4) is 0 Å². The number of carbonyl (C=O) groups excluding carboxylic acids is 2. The second-order valence-corrected chi connectivity index (χ2v) is 8.32. The van der Waals surface area contributed by atoms with Crippen LogP contribution < -0.4 is 5.32 Å². The third kappa shape index (κ3) is 5.14. The average molecular weight is 481 g/mol. The summed E-state index contributed by atoms with van der Waals surface area (Å²) in [6.45, 7) is 1.39. The molecule has 0 bridgehead atoms. The van der Waals surface area contributed by atoms with Gasteiger partial charge in [0.15, 0.2) is 0 Å². The van der Waals surface area contributed by atoms with E-state index in [0.29, 0.717) is 5.56 Å². The fourth-order valence-corrected chi connectivity index (χ4v) is 4.25. The predicted molar refractivity (Wildman–Crippen MR) is 118 cm³/mol. The first-order valence-corrected chi connectivity index (χ1v) is 10.2. The minimum absolute atomic E-state index is 0.0748. The molecule has 1 fully saturated rings. The van der Waals surface area contributed by atoms with Crippen LogP contribution in [0.15, 0.2) is 53.4 Å². The summed E-state index contributed by atoms with van der Waals surface area (Å²) in [5, 5.41) is 13.3. The molecule has 0 aliphatic carbocycles. The Morgan fingerprint density at radius 1 is 1.25 bits per heavy atom. The normalized spacial score (nSPS) is 16.4. The lowest BCUT2D eigenvalue weighted by Crippen LogP contribution is -2.44. The molecule has 0 saturated carbocycles. The summed E-state index contributed by atoms with van der Waals surface area (Å²) >= 11 is 6.12. The van der Waals surface area contributed by atoms with Crippen LogP contribution in [0.1, 0.15) is 18.1 Å². The Morgan fingerprint density at radius 3 is 2.59 bits per heavy atom. The van der Waals surface area contributed by atoms with E-state index in [1.165, 1.54) is 37.3 Å².